The molecule has 1 aliphatic rings. The molecule has 2 N–H and O–H groups in total. The van der Waals surface area contributed by atoms with E-state index in [2.05, 4.69) is 29.5 Å². The summed E-state index contributed by atoms with van der Waals surface area (Å²) in [6, 6.07) is 3.44. The summed E-state index contributed by atoms with van der Waals surface area (Å²) in [7, 11) is 0. The lowest BCUT2D eigenvalue weighted by molar-refractivity contribution is -0.119. The van der Waals surface area contributed by atoms with Gasteiger partial charge >= 0.3 is 0 Å². The van der Waals surface area contributed by atoms with Crippen LogP contribution in [0, 0.1) is 11.8 Å². The maximum Gasteiger partial charge on any atom is 0.229 e. The van der Waals surface area contributed by atoms with Crippen LogP contribution in [0.5, 0.6) is 0 Å². The minimum atomic E-state index is -0.0250. The monoisotopic (exact) mass is 253 g/mol. The fourth-order valence-corrected chi connectivity index (χ4v) is 2.13. The highest BCUT2D eigenvalue weighted by Gasteiger charge is 2.24. The van der Waals surface area contributed by atoms with Gasteiger partial charge in [0.25, 0.3) is 0 Å². The summed E-state index contributed by atoms with van der Waals surface area (Å²) in [6.07, 6.45) is 0.862. The van der Waals surface area contributed by atoms with Crippen molar-refractivity contribution in [3.8, 4) is 0 Å². The van der Waals surface area contributed by atoms with E-state index in [1.165, 1.54) is 0 Å². The first-order chi connectivity index (χ1) is 8.06. The van der Waals surface area contributed by atoms with Crippen molar-refractivity contribution >= 4 is 29.0 Å². The molecule has 0 aromatic carbocycles. The lowest BCUT2D eigenvalue weighted by atomic mass is 9.96. The van der Waals surface area contributed by atoms with E-state index in [0.29, 0.717) is 29.1 Å². The highest BCUT2D eigenvalue weighted by molar-refractivity contribution is 6.29. The molecule has 4 nitrogen and oxygen atoms in total. The largest absolute Gasteiger partial charge is 0.367 e. The van der Waals surface area contributed by atoms with E-state index in [-0.39, 0.29) is 11.8 Å². The molecular formula is C12H16ClN3O. The Morgan fingerprint density at radius 1 is 1.53 bits per heavy atom. The summed E-state index contributed by atoms with van der Waals surface area (Å²) in [4.78, 5) is 16.1. The summed E-state index contributed by atoms with van der Waals surface area (Å²) in [5.74, 6) is 1.17. The van der Waals surface area contributed by atoms with Crippen molar-refractivity contribution in [2.45, 2.75) is 20.3 Å². The van der Waals surface area contributed by atoms with Crippen molar-refractivity contribution in [3.05, 3.63) is 17.3 Å². The molecule has 0 bridgehead atoms. The fourth-order valence-electron chi connectivity index (χ4n) is 1.98. The van der Waals surface area contributed by atoms with Crippen LogP contribution in [0.2, 0.25) is 5.15 Å². The molecule has 0 aliphatic carbocycles. The number of hydrogen-bond acceptors (Lipinski definition) is 3. The average Bonchev–Trinajstić information content (AvgIpc) is 2.39. The van der Waals surface area contributed by atoms with Crippen LogP contribution < -0.4 is 10.6 Å². The Bertz CT molecular complexity index is 434. The molecule has 92 valence electrons. The van der Waals surface area contributed by atoms with Crippen molar-refractivity contribution in [2.24, 2.45) is 11.8 Å². The molecule has 0 saturated heterocycles. The predicted octanol–water partition coefficient (Wildman–Crippen LogP) is 2.76. The van der Waals surface area contributed by atoms with Gasteiger partial charge in [-0.1, -0.05) is 25.4 Å². The number of nitrogens with zero attached hydrogens (tertiary/aromatic N) is 1. The molecule has 1 unspecified atom stereocenters. The molecule has 2 rings (SSSR count). The molecule has 17 heavy (non-hydrogen) atoms. The Morgan fingerprint density at radius 3 is 3.00 bits per heavy atom. The molecule has 0 spiro atoms. The number of hydrogen-bond donors (Lipinski definition) is 2. The standard InChI is InChI=1S/C12H16ClN3O/c1-7(2)5-8-6-14-11-9(15-12(8)17)3-4-10(13)16-11/h3-4,7-8H,5-6H2,1-2H3,(H,14,16)(H,15,17). The second-order valence-corrected chi connectivity index (χ2v) is 5.11. The minimum absolute atomic E-state index is 0.0250. The molecular weight excluding hydrogens is 238 g/mol. The molecule has 0 saturated carbocycles. The van der Waals surface area contributed by atoms with E-state index < -0.39 is 0 Å². The predicted molar refractivity (Wildman–Crippen MR) is 69.3 cm³/mol. The van der Waals surface area contributed by atoms with Crippen LogP contribution in [0.3, 0.4) is 0 Å². The molecule has 0 radical (unpaired) electrons. The number of aromatic nitrogens is 1. The number of halogens is 1. The molecule has 1 amide bonds. The number of nitrogens with one attached hydrogen (secondary N) is 2. The van der Waals surface area contributed by atoms with Crippen LogP contribution in [-0.2, 0) is 4.79 Å². The zero-order valence-corrected chi connectivity index (χ0v) is 10.7. The molecule has 1 aromatic rings. The number of fused-ring (bicyclic) bond motifs is 1. The second kappa shape index (κ2) is 4.92. The topological polar surface area (TPSA) is 54.0 Å². The van der Waals surface area contributed by atoms with Crippen LogP contribution in [0.4, 0.5) is 11.5 Å². The Hall–Kier alpha value is -1.29. The van der Waals surface area contributed by atoms with Crippen LogP contribution in [0.15, 0.2) is 12.1 Å². The highest BCUT2D eigenvalue weighted by Crippen LogP contribution is 2.26. The minimum Gasteiger partial charge on any atom is -0.367 e. The first kappa shape index (κ1) is 12.2. The Balaban J connectivity index is 2.19. The van der Waals surface area contributed by atoms with E-state index in [0.717, 1.165) is 6.42 Å². The van der Waals surface area contributed by atoms with E-state index in [4.69, 9.17) is 11.6 Å². The summed E-state index contributed by atoms with van der Waals surface area (Å²) in [5.41, 5.74) is 0.700. The second-order valence-electron chi connectivity index (χ2n) is 4.73. The SMILES string of the molecule is CC(C)CC1CNc2nc(Cl)ccc2NC1=O. The van der Waals surface area contributed by atoms with E-state index in [9.17, 15) is 4.79 Å². The van der Waals surface area contributed by atoms with E-state index >= 15 is 0 Å². The van der Waals surface area contributed by atoms with Gasteiger partial charge in [-0.25, -0.2) is 4.98 Å². The number of carbonyl (C=O) groups excluding carboxylic acids is 1. The van der Waals surface area contributed by atoms with Gasteiger partial charge in [0.1, 0.15) is 5.15 Å². The lowest BCUT2D eigenvalue weighted by Gasteiger charge is -2.14. The van der Waals surface area contributed by atoms with Crippen LogP contribution >= 0.6 is 11.6 Å². The van der Waals surface area contributed by atoms with Gasteiger partial charge in [0.2, 0.25) is 5.91 Å². The molecule has 1 aromatic heterocycles. The smallest absolute Gasteiger partial charge is 0.229 e. The summed E-state index contributed by atoms with van der Waals surface area (Å²) in [6.45, 7) is 4.82. The zero-order valence-electron chi connectivity index (χ0n) is 9.96. The van der Waals surface area contributed by atoms with Crippen molar-refractivity contribution < 1.29 is 4.79 Å². The van der Waals surface area contributed by atoms with Gasteiger partial charge in [0.15, 0.2) is 5.82 Å². The van der Waals surface area contributed by atoms with Crippen molar-refractivity contribution in [1.29, 1.82) is 0 Å². The van der Waals surface area contributed by atoms with Crippen LogP contribution in [0.25, 0.3) is 0 Å². The first-order valence-corrected chi connectivity index (χ1v) is 6.15. The van der Waals surface area contributed by atoms with Gasteiger partial charge in [0, 0.05) is 6.54 Å². The molecule has 1 atom stereocenters. The Morgan fingerprint density at radius 2 is 2.29 bits per heavy atom. The van der Waals surface area contributed by atoms with Crippen molar-refractivity contribution in [2.75, 3.05) is 17.2 Å². The Kier molecular flexibility index (Phi) is 3.52. The fraction of sp³-hybridized carbons (Fsp3) is 0.500. The maximum absolute atomic E-state index is 12.0. The molecule has 5 heteroatoms. The quantitative estimate of drug-likeness (QED) is 0.797. The first-order valence-electron chi connectivity index (χ1n) is 5.77. The van der Waals surface area contributed by atoms with Gasteiger partial charge < -0.3 is 10.6 Å². The van der Waals surface area contributed by atoms with Gasteiger partial charge in [-0.15, -0.1) is 0 Å². The molecule has 1 aliphatic heterocycles. The normalized spacial score (nSPS) is 19.3. The van der Waals surface area contributed by atoms with Gasteiger partial charge in [-0.05, 0) is 24.5 Å². The third-order valence-electron chi connectivity index (χ3n) is 2.76. The third kappa shape index (κ3) is 2.88. The van der Waals surface area contributed by atoms with Crippen molar-refractivity contribution in [3.63, 3.8) is 0 Å². The van der Waals surface area contributed by atoms with Crippen molar-refractivity contribution in [1.82, 2.24) is 4.98 Å². The number of amides is 1. The number of rotatable bonds is 2. The molecule has 2 heterocycles. The highest BCUT2D eigenvalue weighted by atomic mass is 35.5. The Labute approximate surface area is 106 Å². The number of pyridine rings is 1. The summed E-state index contributed by atoms with van der Waals surface area (Å²) < 4.78 is 0. The molecule has 0 fully saturated rings. The summed E-state index contributed by atoms with van der Waals surface area (Å²) in [5, 5.41) is 6.48. The van der Waals surface area contributed by atoms with Gasteiger partial charge in [-0.3, -0.25) is 4.79 Å². The zero-order chi connectivity index (χ0) is 12.4. The average molecular weight is 254 g/mol. The van der Waals surface area contributed by atoms with E-state index in [1.807, 2.05) is 0 Å². The number of anilines is 2. The lowest BCUT2D eigenvalue weighted by Crippen LogP contribution is -2.27. The van der Waals surface area contributed by atoms with Gasteiger partial charge in [-0.2, -0.15) is 0 Å². The third-order valence-corrected chi connectivity index (χ3v) is 2.97. The van der Waals surface area contributed by atoms with E-state index in [1.54, 1.807) is 12.1 Å². The maximum atomic E-state index is 12.0. The van der Waals surface area contributed by atoms with Gasteiger partial charge in [0.05, 0.1) is 11.6 Å². The van der Waals surface area contributed by atoms with Crippen LogP contribution in [0.1, 0.15) is 20.3 Å². The number of carbonyl (C=O) groups is 1. The van der Waals surface area contributed by atoms with Crippen LogP contribution in [-0.4, -0.2) is 17.4 Å². The summed E-state index contributed by atoms with van der Waals surface area (Å²) >= 11 is 5.82.